The van der Waals surface area contributed by atoms with Crippen molar-refractivity contribution in [3.8, 4) is 17.3 Å². The summed E-state index contributed by atoms with van der Waals surface area (Å²) in [7, 11) is 0. The van der Waals surface area contributed by atoms with Crippen LogP contribution >= 0.6 is 11.3 Å². The summed E-state index contributed by atoms with van der Waals surface area (Å²) in [5.41, 5.74) is 3.66. The van der Waals surface area contributed by atoms with Crippen molar-refractivity contribution in [3.63, 3.8) is 0 Å². The maximum absolute atomic E-state index is 12.3. The van der Waals surface area contributed by atoms with E-state index < -0.39 is 0 Å². The molecular weight excluding hydrogens is 372 g/mol. The number of hydrogen-bond acceptors (Lipinski definition) is 5. The molecule has 0 bridgehead atoms. The van der Waals surface area contributed by atoms with Crippen molar-refractivity contribution in [2.75, 3.05) is 5.32 Å². The van der Waals surface area contributed by atoms with Gasteiger partial charge in [0.2, 0.25) is 5.91 Å². The third kappa shape index (κ3) is 4.61. The molecule has 2 aromatic carbocycles. The summed E-state index contributed by atoms with van der Waals surface area (Å²) in [5.74, 6) is -0.344. The largest absolute Gasteiger partial charge is 0.350 e. The summed E-state index contributed by atoms with van der Waals surface area (Å²) in [6, 6.07) is 16.2. The van der Waals surface area contributed by atoms with Crippen LogP contribution in [0.1, 0.15) is 41.4 Å². The van der Waals surface area contributed by atoms with E-state index in [1.165, 1.54) is 18.3 Å². The molecule has 0 saturated carbocycles. The first kappa shape index (κ1) is 19.3. The zero-order valence-electron chi connectivity index (χ0n) is 15.4. The third-order valence-corrected chi connectivity index (χ3v) is 4.88. The Bertz CT molecular complexity index is 1030. The van der Waals surface area contributed by atoms with E-state index in [-0.39, 0.29) is 17.9 Å². The van der Waals surface area contributed by atoms with Gasteiger partial charge in [0.25, 0.3) is 5.91 Å². The molecule has 2 N–H and O–H groups in total. The van der Waals surface area contributed by atoms with Gasteiger partial charge in [-0.15, -0.1) is 11.3 Å². The molecule has 1 aromatic heterocycles. The Kier molecular flexibility index (Phi) is 5.82. The summed E-state index contributed by atoms with van der Waals surface area (Å²) in [5, 5.41) is 16.8. The van der Waals surface area contributed by atoms with Crippen LogP contribution in [-0.4, -0.2) is 16.8 Å². The van der Waals surface area contributed by atoms with Crippen LogP contribution in [0.25, 0.3) is 11.3 Å². The predicted octanol–water partition coefficient (Wildman–Crippen LogP) is 4.13. The lowest BCUT2D eigenvalue weighted by Gasteiger charge is -2.13. The Morgan fingerprint density at radius 1 is 1.11 bits per heavy atom. The van der Waals surface area contributed by atoms with Gasteiger partial charge in [0, 0.05) is 23.4 Å². The monoisotopic (exact) mass is 390 g/mol. The van der Waals surface area contributed by atoms with Gasteiger partial charge in [-0.3, -0.25) is 14.9 Å². The molecule has 1 atom stereocenters. The van der Waals surface area contributed by atoms with Gasteiger partial charge >= 0.3 is 0 Å². The topological polar surface area (TPSA) is 94.9 Å². The fourth-order valence-electron chi connectivity index (χ4n) is 2.66. The molecule has 0 fully saturated rings. The van der Waals surface area contributed by atoms with Gasteiger partial charge in [0.05, 0.1) is 23.4 Å². The Labute approximate surface area is 166 Å². The van der Waals surface area contributed by atoms with Crippen molar-refractivity contribution in [2.24, 2.45) is 0 Å². The third-order valence-electron chi connectivity index (χ3n) is 4.13. The highest BCUT2D eigenvalue weighted by Crippen LogP contribution is 2.26. The number of carbonyl (C=O) groups excluding carboxylic acids is 2. The highest BCUT2D eigenvalue weighted by molar-refractivity contribution is 7.14. The van der Waals surface area contributed by atoms with Crippen LogP contribution in [0.5, 0.6) is 0 Å². The number of aromatic nitrogens is 1. The summed E-state index contributed by atoms with van der Waals surface area (Å²) in [6.45, 7) is 3.42. The van der Waals surface area contributed by atoms with Crippen molar-refractivity contribution in [2.45, 2.75) is 19.9 Å². The molecular formula is C21H18N4O2S. The minimum absolute atomic E-state index is 0.0655. The van der Waals surface area contributed by atoms with E-state index in [9.17, 15) is 9.59 Å². The van der Waals surface area contributed by atoms with Gasteiger partial charge in [-0.05, 0) is 36.8 Å². The fourth-order valence-corrected chi connectivity index (χ4v) is 3.37. The number of nitriles is 1. The molecule has 7 heteroatoms. The zero-order valence-corrected chi connectivity index (χ0v) is 16.2. The molecule has 6 nitrogen and oxygen atoms in total. The number of nitrogens with one attached hydrogen (secondary N) is 2. The molecule has 0 aliphatic heterocycles. The second-order valence-electron chi connectivity index (χ2n) is 6.23. The molecule has 0 aliphatic rings. The molecule has 2 amide bonds. The normalized spacial score (nSPS) is 11.3. The predicted molar refractivity (Wildman–Crippen MR) is 109 cm³/mol. The number of carbonyl (C=O) groups is 2. The lowest BCUT2D eigenvalue weighted by Crippen LogP contribution is -2.23. The maximum Gasteiger partial charge on any atom is 0.257 e. The van der Waals surface area contributed by atoms with Crippen LogP contribution in [0, 0.1) is 11.3 Å². The van der Waals surface area contributed by atoms with Crippen LogP contribution < -0.4 is 10.6 Å². The fraction of sp³-hybridized carbons (Fsp3) is 0.143. The van der Waals surface area contributed by atoms with Gasteiger partial charge in [-0.2, -0.15) is 5.26 Å². The summed E-state index contributed by atoms with van der Waals surface area (Å²) in [6.07, 6.45) is 0. The van der Waals surface area contributed by atoms with Crippen LogP contribution in [0.15, 0.2) is 53.9 Å². The Morgan fingerprint density at radius 2 is 1.79 bits per heavy atom. The number of nitrogens with zero attached hydrogens (tertiary/aromatic N) is 2. The van der Waals surface area contributed by atoms with E-state index in [0.717, 1.165) is 16.8 Å². The molecule has 0 saturated heterocycles. The van der Waals surface area contributed by atoms with Gasteiger partial charge in [-0.25, -0.2) is 4.98 Å². The van der Waals surface area contributed by atoms with Crippen molar-refractivity contribution >= 4 is 28.3 Å². The van der Waals surface area contributed by atoms with Crippen LogP contribution in [0.4, 0.5) is 5.13 Å². The second-order valence-corrected chi connectivity index (χ2v) is 7.08. The van der Waals surface area contributed by atoms with Crippen molar-refractivity contribution in [1.29, 1.82) is 5.26 Å². The van der Waals surface area contributed by atoms with E-state index in [0.29, 0.717) is 16.3 Å². The van der Waals surface area contributed by atoms with Crippen LogP contribution in [0.3, 0.4) is 0 Å². The number of benzene rings is 2. The summed E-state index contributed by atoms with van der Waals surface area (Å²) < 4.78 is 0. The van der Waals surface area contributed by atoms with Gasteiger partial charge in [0.1, 0.15) is 0 Å². The molecule has 3 aromatic rings. The van der Waals surface area contributed by atoms with Crippen LogP contribution in [0.2, 0.25) is 0 Å². The molecule has 0 radical (unpaired) electrons. The van der Waals surface area contributed by atoms with E-state index in [4.69, 9.17) is 5.26 Å². The van der Waals surface area contributed by atoms with Crippen LogP contribution in [-0.2, 0) is 4.79 Å². The number of rotatable bonds is 5. The van der Waals surface area contributed by atoms with Crippen molar-refractivity contribution in [3.05, 3.63) is 70.6 Å². The average molecular weight is 390 g/mol. The summed E-state index contributed by atoms with van der Waals surface area (Å²) >= 11 is 1.34. The lowest BCUT2D eigenvalue weighted by molar-refractivity contribution is -0.119. The highest BCUT2D eigenvalue weighted by atomic mass is 32.1. The zero-order chi connectivity index (χ0) is 20.1. The number of amides is 2. The van der Waals surface area contributed by atoms with Crippen molar-refractivity contribution in [1.82, 2.24) is 10.3 Å². The first-order chi connectivity index (χ1) is 13.5. The molecule has 140 valence electrons. The van der Waals surface area contributed by atoms with Gasteiger partial charge in [-0.1, -0.05) is 24.3 Å². The highest BCUT2D eigenvalue weighted by Gasteiger charge is 2.11. The molecule has 1 unspecified atom stereocenters. The SMILES string of the molecule is CC(=O)NC(C)c1ccc(-c2csc(NC(=O)c3ccc(C#N)cc3)n2)cc1. The van der Waals surface area contributed by atoms with Gasteiger partial charge < -0.3 is 5.32 Å². The maximum atomic E-state index is 12.3. The average Bonchev–Trinajstić information content (AvgIpc) is 3.16. The first-order valence-corrected chi connectivity index (χ1v) is 9.48. The Balaban J connectivity index is 1.68. The molecule has 3 rings (SSSR count). The second kappa shape index (κ2) is 8.46. The Hall–Kier alpha value is -3.50. The quantitative estimate of drug-likeness (QED) is 0.685. The Morgan fingerprint density at radius 3 is 2.39 bits per heavy atom. The molecule has 28 heavy (non-hydrogen) atoms. The van der Waals surface area contributed by atoms with E-state index >= 15 is 0 Å². The standard InChI is InChI=1S/C21H18N4O2S/c1-13(23-14(2)26)16-7-9-17(10-8-16)19-12-28-21(24-19)25-20(27)18-5-3-15(11-22)4-6-18/h3-10,12-13H,1-2H3,(H,23,26)(H,24,25,27). The van der Waals surface area contributed by atoms with E-state index in [1.54, 1.807) is 24.3 Å². The molecule has 0 spiro atoms. The van der Waals surface area contributed by atoms with E-state index in [1.807, 2.05) is 42.6 Å². The minimum Gasteiger partial charge on any atom is -0.350 e. The number of anilines is 1. The number of hydrogen-bond donors (Lipinski definition) is 2. The molecule has 0 aliphatic carbocycles. The number of thiazole rings is 1. The lowest BCUT2D eigenvalue weighted by atomic mass is 10.1. The summed E-state index contributed by atoms with van der Waals surface area (Å²) in [4.78, 5) is 27.9. The minimum atomic E-state index is -0.273. The first-order valence-electron chi connectivity index (χ1n) is 8.61. The van der Waals surface area contributed by atoms with Gasteiger partial charge in [0.15, 0.2) is 5.13 Å². The van der Waals surface area contributed by atoms with Crippen molar-refractivity contribution < 1.29 is 9.59 Å². The molecule has 1 heterocycles. The van der Waals surface area contributed by atoms with E-state index in [2.05, 4.69) is 15.6 Å². The smallest absolute Gasteiger partial charge is 0.257 e.